The minimum absolute atomic E-state index is 0.293. The Labute approximate surface area is 241 Å². The van der Waals surface area contributed by atoms with Crippen LogP contribution in [0.5, 0.6) is 0 Å². The van der Waals surface area contributed by atoms with Gasteiger partial charge in [-0.25, -0.2) is 14.6 Å². The highest BCUT2D eigenvalue weighted by atomic mass is 16.5. The molecule has 0 unspecified atom stereocenters. The number of hydrogen-bond donors (Lipinski definition) is 5. The van der Waals surface area contributed by atoms with Crippen LogP contribution in [0.15, 0.2) is 72.8 Å². The van der Waals surface area contributed by atoms with Gasteiger partial charge in [0.05, 0.1) is 13.2 Å². The molecule has 214 valence electrons. The molecule has 1 aliphatic rings. The van der Waals surface area contributed by atoms with Gasteiger partial charge in [0.1, 0.15) is 0 Å². The molecule has 4 aromatic rings. The predicted molar refractivity (Wildman–Crippen MR) is 159 cm³/mol. The maximum Gasteiger partial charge on any atom is 0.323 e. The van der Waals surface area contributed by atoms with Crippen molar-refractivity contribution in [3.63, 3.8) is 0 Å². The Hall–Kier alpha value is -5.56. The molecule has 13 heteroatoms. The van der Waals surface area contributed by atoms with Crippen molar-refractivity contribution in [2.24, 2.45) is 5.73 Å². The van der Waals surface area contributed by atoms with Gasteiger partial charge in [-0.2, -0.15) is 9.97 Å². The minimum atomic E-state index is -0.581. The fourth-order valence-electron chi connectivity index (χ4n) is 4.17. The van der Waals surface area contributed by atoms with E-state index in [2.05, 4.69) is 21.3 Å². The van der Waals surface area contributed by atoms with Crippen molar-refractivity contribution in [2.75, 3.05) is 54.2 Å². The van der Waals surface area contributed by atoms with Crippen LogP contribution in [-0.4, -0.2) is 66.3 Å². The fraction of sp³-hybridized carbons (Fsp3) is 0.172. The van der Waals surface area contributed by atoms with Crippen molar-refractivity contribution in [3.8, 4) is 22.8 Å². The molecule has 1 fully saturated rings. The monoisotopic (exact) mass is 567 g/mol. The zero-order valence-corrected chi connectivity index (χ0v) is 22.8. The van der Waals surface area contributed by atoms with E-state index in [1.54, 1.807) is 49.5 Å². The highest BCUT2D eigenvalue weighted by Crippen LogP contribution is 2.26. The van der Waals surface area contributed by atoms with Gasteiger partial charge in [-0.05, 0) is 66.7 Å². The lowest BCUT2D eigenvalue weighted by atomic mass is 10.1. The van der Waals surface area contributed by atoms with Crippen molar-refractivity contribution in [1.82, 2.24) is 20.3 Å². The quantitative estimate of drug-likeness (QED) is 0.225. The fourth-order valence-corrected chi connectivity index (χ4v) is 4.17. The Balaban J connectivity index is 1.36. The zero-order chi connectivity index (χ0) is 29.5. The number of urea groups is 2. The van der Waals surface area contributed by atoms with Crippen molar-refractivity contribution in [3.05, 3.63) is 78.4 Å². The molecule has 0 atom stereocenters. The first kappa shape index (κ1) is 28.0. The van der Waals surface area contributed by atoms with Crippen LogP contribution in [-0.2, 0) is 4.74 Å². The van der Waals surface area contributed by atoms with E-state index in [4.69, 9.17) is 25.4 Å². The summed E-state index contributed by atoms with van der Waals surface area (Å²) in [4.78, 5) is 51.8. The Bertz CT molecular complexity index is 1590. The first-order valence-corrected chi connectivity index (χ1v) is 13.1. The summed E-state index contributed by atoms with van der Waals surface area (Å²) in [6.07, 6.45) is 0. The average Bonchev–Trinajstić information content (AvgIpc) is 3.02. The lowest BCUT2D eigenvalue weighted by Gasteiger charge is -2.27. The van der Waals surface area contributed by atoms with E-state index in [1.807, 2.05) is 29.2 Å². The van der Waals surface area contributed by atoms with Gasteiger partial charge in [0, 0.05) is 53.9 Å². The van der Waals surface area contributed by atoms with Crippen LogP contribution in [0.4, 0.5) is 32.6 Å². The molecular formula is C29H29N9O4. The molecular weight excluding hydrogens is 538 g/mol. The van der Waals surface area contributed by atoms with E-state index in [0.717, 1.165) is 11.1 Å². The summed E-state index contributed by atoms with van der Waals surface area (Å²) >= 11 is 0. The van der Waals surface area contributed by atoms with Crippen molar-refractivity contribution < 1.29 is 19.1 Å². The lowest BCUT2D eigenvalue weighted by Crippen LogP contribution is -2.37. The number of ether oxygens (including phenoxy) is 1. The summed E-state index contributed by atoms with van der Waals surface area (Å²) in [5.74, 6) is 0.898. The molecule has 5 rings (SSSR count). The molecule has 0 bridgehead atoms. The third kappa shape index (κ3) is 6.95. The van der Waals surface area contributed by atoms with Crippen LogP contribution in [0.1, 0.15) is 10.4 Å². The molecule has 1 saturated heterocycles. The van der Waals surface area contributed by atoms with Gasteiger partial charge in [0.15, 0.2) is 11.6 Å². The molecule has 6 N–H and O–H groups in total. The molecule has 1 aliphatic heterocycles. The first-order chi connectivity index (χ1) is 20.4. The van der Waals surface area contributed by atoms with Crippen LogP contribution in [0, 0.1) is 0 Å². The molecule has 0 saturated carbocycles. The van der Waals surface area contributed by atoms with Gasteiger partial charge in [0.25, 0.3) is 0 Å². The van der Waals surface area contributed by atoms with Crippen LogP contribution in [0.3, 0.4) is 0 Å². The Morgan fingerprint density at radius 2 is 1.29 bits per heavy atom. The number of nitrogens with two attached hydrogens (primary N) is 1. The minimum Gasteiger partial charge on any atom is -0.378 e. The van der Waals surface area contributed by atoms with Gasteiger partial charge < -0.3 is 36.6 Å². The second kappa shape index (κ2) is 12.7. The van der Waals surface area contributed by atoms with E-state index < -0.39 is 11.9 Å². The Morgan fingerprint density at radius 3 is 1.83 bits per heavy atom. The molecule has 3 aromatic carbocycles. The Kier molecular flexibility index (Phi) is 8.49. The Morgan fingerprint density at radius 1 is 0.738 bits per heavy atom. The average molecular weight is 568 g/mol. The molecule has 0 aliphatic carbocycles. The van der Waals surface area contributed by atoms with Gasteiger partial charge in [-0.1, -0.05) is 6.07 Å². The number of nitrogens with one attached hydrogen (secondary N) is 4. The molecule has 42 heavy (non-hydrogen) atoms. The lowest BCUT2D eigenvalue weighted by molar-refractivity contribution is 0.1000. The van der Waals surface area contributed by atoms with Crippen LogP contribution in [0.2, 0.25) is 0 Å². The topological polar surface area (TPSA) is 176 Å². The normalized spacial score (nSPS) is 12.7. The largest absolute Gasteiger partial charge is 0.378 e. The van der Waals surface area contributed by atoms with Gasteiger partial charge >= 0.3 is 12.1 Å². The van der Waals surface area contributed by atoms with Gasteiger partial charge in [-0.3, -0.25) is 4.79 Å². The summed E-state index contributed by atoms with van der Waals surface area (Å²) in [6, 6.07) is 19.9. The third-order valence-electron chi connectivity index (χ3n) is 6.35. The number of rotatable bonds is 7. The highest BCUT2D eigenvalue weighted by molar-refractivity contribution is 6.01. The highest BCUT2D eigenvalue weighted by Gasteiger charge is 2.18. The number of primary amides is 1. The van der Waals surface area contributed by atoms with Crippen LogP contribution < -0.4 is 31.9 Å². The number of hydrogen-bond acceptors (Lipinski definition) is 8. The maximum absolute atomic E-state index is 12.5. The van der Waals surface area contributed by atoms with E-state index in [0.29, 0.717) is 66.5 Å². The zero-order valence-electron chi connectivity index (χ0n) is 22.8. The summed E-state index contributed by atoms with van der Waals surface area (Å²) in [5, 5.41) is 10.7. The smallest absolute Gasteiger partial charge is 0.323 e. The standard InChI is InChI=1S/C29H29N9O4/c1-31-28(40)32-21-9-5-18(6-10-21)25-35-26(37-27(36-25)38-13-15-42-16-14-38)19-7-11-22(12-8-19)33-29(41)34-23-4-2-3-20(17-23)24(30)39/h2-12,17H,13-16H2,1H3,(H2,30,39)(H2,31,32,40)(H2,33,34,41). The van der Waals surface area contributed by atoms with Gasteiger partial charge in [0.2, 0.25) is 11.9 Å². The number of amides is 5. The summed E-state index contributed by atoms with van der Waals surface area (Å²) < 4.78 is 5.49. The number of carbonyl (C=O) groups is 3. The molecule has 0 radical (unpaired) electrons. The number of morpholine rings is 1. The van der Waals surface area contributed by atoms with Crippen LogP contribution >= 0.6 is 0 Å². The molecule has 2 heterocycles. The summed E-state index contributed by atoms with van der Waals surface area (Å²) in [7, 11) is 1.55. The van der Waals surface area contributed by atoms with Crippen LogP contribution in [0.25, 0.3) is 22.8 Å². The number of carbonyl (C=O) groups excluding carboxylic acids is 3. The van der Waals surface area contributed by atoms with Crippen molar-refractivity contribution in [2.45, 2.75) is 0 Å². The molecule has 13 nitrogen and oxygen atoms in total. The van der Waals surface area contributed by atoms with Gasteiger partial charge in [-0.15, -0.1) is 0 Å². The second-order valence-electron chi connectivity index (χ2n) is 9.27. The SMILES string of the molecule is CNC(=O)Nc1ccc(-c2nc(-c3ccc(NC(=O)Nc4cccc(C(N)=O)c4)cc3)nc(N3CCOCC3)n2)cc1. The maximum atomic E-state index is 12.5. The predicted octanol–water partition coefficient (Wildman–Crippen LogP) is 3.54. The number of anilines is 4. The third-order valence-corrected chi connectivity index (χ3v) is 6.35. The number of benzene rings is 3. The summed E-state index contributed by atoms with van der Waals surface area (Å²) in [6.45, 7) is 2.45. The van der Waals surface area contributed by atoms with E-state index in [9.17, 15) is 14.4 Å². The van der Waals surface area contributed by atoms with E-state index in [1.165, 1.54) is 6.07 Å². The van der Waals surface area contributed by atoms with Crippen molar-refractivity contribution in [1.29, 1.82) is 0 Å². The molecule has 1 aromatic heterocycles. The number of nitrogens with zero attached hydrogens (tertiary/aromatic N) is 4. The molecule has 0 spiro atoms. The van der Waals surface area contributed by atoms with Crippen molar-refractivity contribution >= 4 is 41.0 Å². The summed E-state index contributed by atoms with van der Waals surface area (Å²) in [5.41, 5.74) is 8.71. The first-order valence-electron chi connectivity index (χ1n) is 13.1. The second-order valence-corrected chi connectivity index (χ2v) is 9.27. The van der Waals surface area contributed by atoms with E-state index >= 15 is 0 Å². The molecule has 5 amide bonds. The number of aromatic nitrogens is 3. The van der Waals surface area contributed by atoms with E-state index in [-0.39, 0.29) is 6.03 Å².